The van der Waals surface area contributed by atoms with Crippen LogP contribution in [0.5, 0.6) is 0 Å². The van der Waals surface area contributed by atoms with Crippen molar-refractivity contribution in [2.45, 2.75) is 65.8 Å². The zero-order valence-electron chi connectivity index (χ0n) is 18.0. The lowest BCUT2D eigenvalue weighted by Gasteiger charge is -2.28. The molecular weight excluding hydrogens is 368 g/mol. The number of carbonyl (C=O) groups excluding carboxylic acids is 3. The van der Waals surface area contributed by atoms with Gasteiger partial charge in [-0.05, 0) is 69.1 Å². The minimum Gasteiger partial charge on any atom is -0.462 e. The molecule has 2 amide bonds. The normalized spacial score (nSPS) is 20.0. The van der Waals surface area contributed by atoms with E-state index in [2.05, 4.69) is 17.6 Å². The van der Waals surface area contributed by atoms with E-state index in [0.29, 0.717) is 23.6 Å². The number of hydrogen-bond donors (Lipinski definition) is 2. The number of anilines is 1. The Hall–Kier alpha value is -2.37. The quantitative estimate of drug-likeness (QED) is 0.640. The molecule has 2 N–H and O–H groups in total. The summed E-state index contributed by atoms with van der Waals surface area (Å²) in [7, 11) is 0. The van der Waals surface area contributed by atoms with Gasteiger partial charge in [0.1, 0.15) is 6.04 Å². The molecule has 0 unspecified atom stereocenters. The highest BCUT2D eigenvalue weighted by Crippen LogP contribution is 2.28. The first-order valence-corrected chi connectivity index (χ1v) is 10.7. The summed E-state index contributed by atoms with van der Waals surface area (Å²) in [6, 6.07) is 6.05. The molecule has 29 heavy (non-hydrogen) atoms. The summed E-state index contributed by atoms with van der Waals surface area (Å²) in [5.74, 6) is 0.182. The Morgan fingerprint density at radius 2 is 1.83 bits per heavy atom. The Bertz CT molecular complexity index is 709. The molecule has 0 aromatic heterocycles. The fourth-order valence-electron chi connectivity index (χ4n) is 3.68. The first-order chi connectivity index (χ1) is 13.8. The Morgan fingerprint density at radius 3 is 2.45 bits per heavy atom. The molecule has 1 saturated carbocycles. The smallest absolute Gasteiger partial charge is 0.338 e. The van der Waals surface area contributed by atoms with Crippen LogP contribution >= 0.6 is 0 Å². The zero-order chi connectivity index (χ0) is 21.4. The molecular formula is C23H34N2O4. The summed E-state index contributed by atoms with van der Waals surface area (Å²) < 4.78 is 5.01. The summed E-state index contributed by atoms with van der Waals surface area (Å²) in [6.45, 7) is 8.30. The molecule has 1 atom stereocenters. The van der Waals surface area contributed by atoms with E-state index in [9.17, 15) is 14.4 Å². The second kappa shape index (κ2) is 11.0. The average molecular weight is 403 g/mol. The van der Waals surface area contributed by atoms with Gasteiger partial charge in [-0.25, -0.2) is 4.79 Å². The predicted molar refractivity (Wildman–Crippen MR) is 114 cm³/mol. The Morgan fingerprint density at radius 1 is 1.14 bits per heavy atom. The van der Waals surface area contributed by atoms with Crippen LogP contribution in [0, 0.1) is 17.8 Å². The molecule has 0 aliphatic heterocycles. The fourth-order valence-corrected chi connectivity index (χ4v) is 3.68. The van der Waals surface area contributed by atoms with Crippen molar-refractivity contribution >= 4 is 23.5 Å². The van der Waals surface area contributed by atoms with Crippen molar-refractivity contribution in [2.75, 3.05) is 11.9 Å². The maximum absolute atomic E-state index is 12.9. The van der Waals surface area contributed by atoms with E-state index in [4.69, 9.17) is 4.74 Å². The van der Waals surface area contributed by atoms with Crippen molar-refractivity contribution in [1.29, 1.82) is 0 Å². The van der Waals surface area contributed by atoms with Crippen molar-refractivity contribution in [1.82, 2.24) is 5.32 Å². The van der Waals surface area contributed by atoms with Crippen molar-refractivity contribution < 1.29 is 19.1 Å². The number of rotatable bonds is 8. The van der Waals surface area contributed by atoms with Crippen LogP contribution in [0.2, 0.25) is 0 Å². The third-order valence-electron chi connectivity index (χ3n) is 5.37. The fraction of sp³-hybridized carbons (Fsp3) is 0.609. The highest BCUT2D eigenvalue weighted by Gasteiger charge is 2.28. The van der Waals surface area contributed by atoms with Gasteiger partial charge in [-0.3, -0.25) is 9.59 Å². The van der Waals surface area contributed by atoms with Crippen LogP contribution in [0.3, 0.4) is 0 Å². The third kappa shape index (κ3) is 7.18. The molecule has 0 radical (unpaired) electrons. The van der Waals surface area contributed by atoms with E-state index in [1.807, 2.05) is 13.8 Å². The van der Waals surface area contributed by atoms with Gasteiger partial charge in [0.2, 0.25) is 11.8 Å². The Kier molecular flexibility index (Phi) is 8.68. The summed E-state index contributed by atoms with van der Waals surface area (Å²) in [6.07, 6.45) is 4.42. The van der Waals surface area contributed by atoms with Gasteiger partial charge in [0, 0.05) is 11.6 Å². The molecule has 0 bridgehead atoms. The molecule has 0 heterocycles. The molecule has 1 aliphatic carbocycles. The average Bonchev–Trinajstić information content (AvgIpc) is 2.68. The minimum absolute atomic E-state index is 0.0131. The van der Waals surface area contributed by atoms with Crippen LogP contribution < -0.4 is 10.6 Å². The zero-order valence-corrected chi connectivity index (χ0v) is 18.0. The van der Waals surface area contributed by atoms with Crippen LogP contribution in [0.25, 0.3) is 0 Å². The van der Waals surface area contributed by atoms with Crippen LogP contribution in [0.15, 0.2) is 24.3 Å². The summed E-state index contributed by atoms with van der Waals surface area (Å²) in [4.78, 5) is 37.5. The molecule has 2 rings (SSSR count). The van der Waals surface area contributed by atoms with Crippen molar-refractivity contribution in [3.05, 3.63) is 29.8 Å². The van der Waals surface area contributed by atoms with Crippen LogP contribution in [-0.2, 0) is 14.3 Å². The van der Waals surface area contributed by atoms with Crippen molar-refractivity contribution in [3.63, 3.8) is 0 Å². The monoisotopic (exact) mass is 402 g/mol. The highest BCUT2D eigenvalue weighted by atomic mass is 16.5. The Labute approximate surface area is 173 Å². The molecule has 1 aliphatic rings. The number of nitrogens with one attached hydrogen (secondary N) is 2. The third-order valence-corrected chi connectivity index (χ3v) is 5.37. The molecule has 6 heteroatoms. The molecule has 0 spiro atoms. The maximum atomic E-state index is 12.9. The molecule has 1 aromatic carbocycles. The second-order valence-electron chi connectivity index (χ2n) is 8.44. The van der Waals surface area contributed by atoms with Crippen LogP contribution in [-0.4, -0.2) is 30.4 Å². The van der Waals surface area contributed by atoms with E-state index in [1.54, 1.807) is 31.2 Å². The van der Waals surface area contributed by atoms with Crippen molar-refractivity contribution in [3.8, 4) is 0 Å². The number of benzene rings is 1. The first-order valence-electron chi connectivity index (χ1n) is 10.7. The molecule has 1 fully saturated rings. The largest absolute Gasteiger partial charge is 0.462 e. The number of esters is 1. The number of amides is 2. The summed E-state index contributed by atoms with van der Waals surface area (Å²) >= 11 is 0. The van der Waals surface area contributed by atoms with Gasteiger partial charge in [0.05, 0.1) is 12.2 Å². The lowest BCUT2D eigenvalue weighted by Crippen LogP contribution is -2.47. The van der Waals surface area contributed by atoms with E-state index in [1.165, 1.54) is 0 Å². The van der Waals surface area contributed by atoms with Crippen LogP contribution in [0.4, 0.5) is 5.69 Å². The summed E-state index contributed by atoms with van der Waals surface area (Å²) in [5, 5.41) is 5.81. The van der Waals surface area contributed by atoms with Crippen molar-refractivity contribution in [2.24, 2.45) is 17.8 Å². The standard InChI is InChI=1S/C23H34N2O4/c1-5-29-23(28)18-7-6-8-19(14-18)24-22(27)20(13-15(2)3)25-21(26)17-11-9-16(4)10-12-17/h6-8,14-17,20H,5,9-13H2,1-4H3,(H,24,27)(H,25,26)/t16?,17?,20-/m0/s1. The highest BCUT2D eigenvalue weighted by molar-refractivity contribution is 5.98. The first kappa shape index (κ1) is 22.9. The Balaban J connectivity index is 2.04. The van der Waals surface area contributed by atoms with E-state index < -0.39 is 12.0 Å². The molecule has 160 valence electrons. The van der Waals surface area contributed by atoms with E-state index >= 15 is 0 Å². The number of carbonyl (C=O) groups is 3. The SMILES string of the molecule is CCOC(=O)c1cccc(NC(=O)[C@H](CC(C)C)NC(=O)C2CCC(C)CC2)c1. The summed E-state index contributed by atoms with van der Waals surface area (Å²) in [5.41, 5.74) is 0.889. The van der Waals surface area contributed by atoms with Gasteiger partial charge in [-0.2, -0.15) is 0 Å². The lowest BCUT2D eigenvalue weighted by molar-refractivity contribution is -0.130. The predicted octanol–water partition coefficient (Wildman–Crippen LogP) is 4.16. The molecule has 1 aromatic rings. The topological polar surface area (TPSA) is 84.5 Å². The number of ether oxygens (including phenoxy) is 1. The molecule has 0 saturated heterocycles. The lowest BCUT2D eigenvalue weighted by atomic mass is 9.82. The van der Waals surface area contributed by atoms with E-state index in [0.717, 1.165) is 25.7 Å². The van der Waals surface area contributed by atoms with E-state index in [-0.39, 0.29) is 30.3 Å². The van der Waals surface area contributed by atoms with Gasteiger partial charge >= 0.3 is 5.97 Å². The van der Waals surface area contributed by atoms with Gasteiger partial charge < -0.3 is 15.4 Å². The van der Waals surface area contributed by atoms with Gasteiger partial charge in [0.15, 0.2) is 0 Å². The minimum atomic E-state index is -0.604. The van der Waals surface area contributed by atoms with Gasteiger partial charge in [0.25, 0.3) is 0 Å². The second-order valence-corrected chi connectivity index (χ2v) is 8.44. The van der Waals surface area contributed by atoms with Gasteiger partial charge in [-0.15, -0.1) is 0 Å². The van der Waals surface area contributed by atoms with Crippen LogP contribution in [0.1, 0.15) is 70.2 Å². The van der Waals surface area contributed by atoms with Gasteiger partial charge in [-0.1, -0.05) is 26.8 Å². The molecule has 6 nitrogen and oxygen atoms in total. The maximum Gasteiger partial charge on any atom is 0.338 e. The number of hydrogen-bond acceptors (Lipinski definition) is 4.